The Balaban J connectivity index is 3.57. The maximum atomic E-state index is 12.0. The van der Waals surface area contributed by atoms with E-state index in [9.17, 15) is 9.90 Å². The zero-order valence-electron chi connectivity index (χ0n) is 16.0. The molecule has 1 amide bonds. The van der Waals surface area contributed by atoms with E-state index in [1.165, 1.54) is 44.9 Å². The smallest absolute Gasteiger partial charge is 0.220 e. The van der Waals surface area contributed by atoms with Gasteiger partial charge in [-0.25, -0.2) is 0 Å². The summed E-state index contributed by atoms with van der Waals surface area (Å²) in [5.74, 6) is 0.145. The summed E-state index contributed by atoms with van der Waals surface area (Å²) in [4.78, 5) is 12.0. The van der Waals surface area contributed by atoms with Crippen LogP contribution in [0.1, 0.15) is 105 Å². The van der Waals surface area contributed by atoms with Crippen LogP contribution in [-0.2, 0) is 4.79 Å². The lowest BCUT2D eigenvalue weighted by Crippen LogP contribution is -2.36. The lowest BCUT2D eigenvalue weighted by Gasteiger charge is -2.22. The number of carbonyl (C=O) groups excluding carboxylic acids is 1. The van der Waals surface area contributed by atoms with Crippen LogP contribution >= 0.6 is 0 Å². The zero-order valence-corrected chi connectivity index (χ0v) is 16.0. The third-order valence-electron chi connectivity index (χ3n) is 4.20. The van der Waals surface area contributed by atoms with Crippen molar-refractivity contribution in [2.75, 3.05) is 0 Å². The molecule has 0 rings (SSSR count). The highest BCUT2D eigenvalue weighted by molar-refractivity contribution is 5.76. The Labute approximate surface area is 144 Å². The number of carbonyl (C=O) groups is 1. The monoisotopic (exact) mass is 326 g/mol. The largest absolute Gasteiger partial charge is 0.390 e. The van der Waals surface area contributed by atoms with E-state index in [0.717, 1.165) is 19.3 Å². The first-order chi connectivity index (χ1) is 10.9. The molecule has 137 valence electrons. The second kappa shape index (κ2) is 13.8. The summed E-state index contributed by atoms with van der Waals surface area (Å²) >= 11 is 0. The molecule has 1 atom stereocenters. The molecule has 3 heteroatoms. The molecule has 0 saturated heterocycles. The molecule has 1 unspecified atom stereocenters. The van der Waals surface area contributed by atoms with Gasteiger partial charge in [-0.05, 0) is 39.5 Å². The van der Waals surface area contributed by atoms with E-state index < -0.39 is 5.60 Å². The van der Waals surface area contributed by atoms with Crippen LogP contribution in [0.25, 0.3) is 0 Å². The maximum absolute atomic E-state index is 12.0. The Morgan fingerprint density at radius 3 is 2.00 bits per heavy atom. The van der Waals surface area contributed by atoms with Gasteiger partial charge in [-0.1, -0.05) is 65.2 Å². The quantitative estimate of drug-likeness (QED) is 0.408. The third-order valence-corrected chi connectivity index (χ3v) is 4.20. The van der Waals surface area contributed by atoms with Crippen molar-refractivity contribution in [3.8, 4) is 0 Å². The van der Waals surface area contributed by atoms with Crippen molar-refractivity contribution < 1.29 is 9.90 Å². The molecule has 0 bridgehead atoms. The predicted molar refractivity (Wildman–Crippen MR) is 99.3 cm³/mol. The van der Waals surface area contributed by atoms with Gasteiger partial charge in [0, 0.05) is 12.5 Å². The van der Waals surface area contributed by atoms with Crippen molar-refractivity contribution in [2.45, 2.75) is 116 Å². The highest BCUT2D eigenvalue weighted by Crippen LogP contribution is 2.13. The molecule has 0 aliphatic heterocycles. The Bertz CT molecular complexity index is 284. The molecule has 2 N–H and O–H groups in total. The summed E-state index contributed by atoms with van der Waals surface area (Å²) in [5, 5.41) is 12.8. The van der Waals surface area contributed by atoms with E-state index in [-0.39, 0.29) is 11.9 Å². The predicted octanol–water partition coefficient (Wildman–Crippen LogP) is 5.17. The van der Waals surface area contributed by atoms with Crippen LogP contribution in [0, 0.1) is 6.42 Å². The first kappa shape index (κ1) is 22.4. The van der Waals surface area contributed by atoms with Crippen molar-refractivity contribution in [2.24, 2.45) is 0 Å². The minimum Gasteiger partial charge on any atom is -0.390 e. The van der Waals surface area contributed by atoms with E-state index >= 15 is 0 Å². The highest BCUT2D eigenvalue weighted by Gasteiger charge is 2.17. The van der Waals surface area contributed by atoms with Crippen molar-refractivity contribution >= 4 is 5.91 Å². The van der Waals surface area contributed by atoms with Crippen LogP contribution in [0.5, 0.6) is 0 Å². The number of aliphatic hydroxyl groups is 1. The molecular weight excluding hydrogens is 286 g/mol. The third kappa shape index (κ3) is 16.1. The fourth-order valence-electron chi connectivity index (χ4n) is 2.63. The average molecular weight is 327 g/mol. The van der Waals surface area contributed by atoms with Crippen LogP contribution in [0.2, 0.25) is 0 Å². The number of hydrogen-bond acceptors (Lipinski definition) is 2. The molecule has 0 aromatic rings. The fraction of sp³-hybridized carbons (Fsp3) is 0.900. The topological polar surface area (TPSA) is 49.3 Å². The summed E-state index contributed by atoms with van der Waals surface area (Å²) in [7, 11) is 0. The Hall–Kier alpha value is -0.570. The lowest BCUT2D eigenvalue weighted by atomic mass is 9.98. The number of amides is 1. The van der Waals surface area contributed by atoms with Crippen LogP contribution in [0.15, 0.2) is 0 Å². The Kier molecular flexibility index (Phi) is 13.5. The van der Waals surface area contributed by atoms with Gasteiger partial charge in [0.1, 0.15) is 0 Å². The van der Waals surface area contributed by atoms with Gasteiger partial charge in [0.05, 0.1) is 5.60 Å². The van der Waals surface area contributed by atoms with Gasteiger partial charge < -0.3 is 10.4 Å². The van der Waals surface area contributed by atoms with Gasteiger partial charge in [-0.2, -0.15) is 0 Å². The van der Waals surface area contributed by atoms with Crippen LogP contribution in [0.3, 0.4) is 0 Å². The van der Waals surface area contributed by atoms with E-state index in [0.29, 0.717) is 12.8 Å². The second-order valence-corrected chi connectivity index (χ2v) is 7.41. The SMILES string of the molecule is CCCCCCCCCCCC(=O)NC([CH]CC(C)(C)O)CC. The minimum absolute atomic E-state index is 0.0764. The number of rotatable bonds is 15. The number of nitrogens with one attached hydrogen (secondary N) is 1. The normalized spacial score (nSPS) is 13.1. The number of unbranched alkanes of at least 4 members (excludes halogenated alkanes) is 8. The first-order valence-corrected chi connectivity index (χ1v) is 9.74. The van der Waals surface area contributed by atoms with E-state index in [1.54, 1.807) is 13.8 Å². The van der Waals surface area contributed by atoms with E-state index in [1.807, 2.05) is 6.42 Å². The minimum atomic E-state index is -0.699. The summed E-state index contributed by atoms with van der Waals surface area (Å²) in [6, 6.07) is 0.0764. The first-order valence-electron chi connectivity index (χ1n) is 9.74. The summed E-state index contributed by atoms with van der Waals surface area (Å²) in [5.41, 5.74) is -0.699. The van der Waals surface area contributed by atoms with E-state index in [2.05, 4.69) is 19.2 Å². The maximum Gasteiger partial charge on any atom is 0.220 e. The van der Waals surface area contributed by atoms with Crippen LogP contribution in [-0.4, -0.2) is 22.7 Å². The molecule has 0 heterocycles. The molecule has 0 aromatic heterocycles. The molecular formula is C20H40NO2. The van der Waals surface area contributed by atoms with Crippen molar-refractivity contribution in [1.82, 2.24) is 5.32 Å². The molecule has 0 aliphatic carbocycles. The average Bonchev–Trinajstić information content (AvgIpc) is 2.49. The second-order valence-electron chi connectivity index (χ2n) is 7.41. The summed E-state index contributed by atoms with van der Waals surface area (Å²) < 4.78 is 0. The summed E-state index contributed by atoms with van der Waals surface area (Å²) in [6.45, 7) is 7.89. The molecule has 0 aromatic carbocycles. The van der Waals surface area contributed by atoms with Crippen molar-refractivity contribution in [3.05, 3.63) is 6.42 Å². The van der Waals surface area contributed by atoms with Crippen LogP contribution in [0.4, 0.5) is 0 Å². The molecule has 0 saturated carbocycles. The standard InChI is InChI=1S/C20H40NO2/c1-5-7-8-9-10-11-12-13-14-15-19(22)21-18(6-2)16-17-20(3,4)23/h16,18,23H,5-15,17H2,1-4H3,(H,21,22). The molecule has 0 fully saturated rings. The number of hydrogen-bond donors (Lipinski definition) is 2. The Morgan fingerprint density at radius 1 is 1.00 bits per heavy atom. The molecule has 0 aliphatic rings. The van der Waals surface area contributed by atoms with Gasteiger partial charge in [0.25, 0.3) is 0 Å². The molecule has 3 nitrogen and oxygen atoms in total. The highest BCUT2D eigenvalue weighted by atomic mass is 16.3. The molecule has 0 spiro atoms. The fourth-order valence-corrected chi connectivity index (χ4v) is 2.63. The van der Waals surface area contributed by atoms with Gasteiger partial charge >= 0.3 is 0 Å². The van der Waals surface area contributed by atoms with Gasteiger partial charge in [0.2, 0.25) is 5.91 Å². The van der Waals surface area contributed by atoms with Crippen LogP contribution < -0.4 is 5.32 Å². The van der Waals surface area contributed by atoms with Gasteiger partial charge in [0.15, 0.2) is 0 Å². The van der Waals surface area contributed by atoms with Crippen molar-refractivity contribution in [1.29, 1.82) is 0 Å². The zero-order chi connectivity index (χ0) is 17.6. The molecule has 1 radical (unpaired) electrons. The van der Waals surface area contributed by atoms with Crippen molar-refractivity contribution in [3.63, 3.8) is 0 Å². The molecule has 23 heavy (non-hydrogen) atoms. The van der Waals surface area contributed by atoms with Gasteiger partial charge in [-0.15, -0.1) is 0 Å². The van der Waals surface area contributed by atoms with E-state index in [4.69, 9.17) is 0 Å². The lowest BCUT2D eigenvalue weighted by molar-refractivity contribution is -0.121. The Morgan fingerprint density at radius 2 is 1.52 bits per heavy atom. The van der Waals surface area contributed by atoms with Gasteiger partial charge in [-0.3, -0.25) is 4.79 Å². The summed E-state index contributed by atoms with van der Waals surface area (Å²) in [6.07, 6.45) is 15.6.